The Bertz CT molecular complexity index is 1320. The van der Waals surface area contributed by atoms with Crippen LogP contribution >= 0.6 is 11.6 Å². The molecule has 6 heteroatoms. The van der Waals surface area contributed by atoms with E-state index >= 15 is 0 Å². The molecule has 0 saturated heterocycles. The van der Waals surface area contributed by atoms with Gasteiger partial charge in [0.1, 0.15) is 11.3 Å². The van der Waals surface area contributed by atoms with Crippen molar-refractivity contribution in [1.29, 1.82) is 0 Å². The highest BCUT2D eigenvalue weighted by atomic mass is 35.5. The molecule has 0 aliphatic heterocycles. The van der Waals surface area contributed by atoms with Gasteiger partial charge < -0.3 is 13.9 Å². The molecular formula is C26H21ClO5. The molecule has 4 rings (SSSR count). The number of rotatable bonds is 7. The molecule has 1 heterocycles. The van der Waals surface area contributed by atoms with Gasteiger partial charge in [0.15, 0.2) is 18.2 Å². The molecule has 0 amide bonds. The molecule has 0 spiro atoms. The Kier molecular flexibility index (Phi) is 6.28. The summed E-state index contributed by atoms with van der Waals surface area (Å²) in [6.45, 7) is 3.53. The first kappa shape index (κ1) is 21.7. The van der Waals surface area contributed by atoms with Crippen LogP contribution < -0.4 is 14.9 Å². The van der Waals surface area contributed by atoms with Crippen molar-refractivity contribution in [2.45, 2.75) is 20.0 Å². The van der Waals surface area contributed by atoms with Crippen molar-refractivity contribution in [1.82, 2.24) is 0 Å². The van der Waals surface area contributed by atoms with E-state index in [1.165, 1.54) is 0 Å². The number of carbonyl (C=O) groups is 1. The van der Waals surface area contributed by atoms with Gasteiger partial charge in [-0.2, -0.15) is 0 Å². The number of ketones is 1. The zero-order valence-electron chi connectivity index (χ0n) is 17.6. The quantitative estimate of drug-likeness (QED) is 0.317. The molecule has 162 valence electrons. The smallest absolute Gasteiger partial charge is 0.235 e. The van der Waals surface area contributed by atoms with E-state index in [0.717, 1.165) is 0 Å². The average molecular weight is 449 g/mol. The summed E-state index contributed by atoms with van der Waals surface area (Å²) in [6, 6.07) is 20.7. The van der Waals surface area contributed by atoms with E-state index in [9.17, 15) is 9.59 Å². The molecular weight excluding hydrogens is 428 g/mol. The maximum absolute atomic E-state index is 13.2. The number of hydrogen-bond donors (Lipinski definition) is 0. The highest BCUT2D eigenvalue weighted by molar-refractivity contribution is 6.33. The summed E-state index contributed by atoms with van der Waals surface area (Å²) in [7, 11) is 0. The van der Waals surface area contributed by atoms with Gasteiger partial charge in [-0.15, -0.1) is 0 Å². The Morgan fingerprint density at radius 1 is 0.969 bits per heavy atom. The van der Waals surface area contributed by atoms with Gasteiger partial charge >= 0.3 is 0 Å². The van der Waals surface area contributed by atoms with Crippen molar-refractivity contribution in [3.8, 4) is 22.8 Å². The third-order valence-electron chi connectivity index (χ3n) is 4.77. The highest BCUT2D eigenvalue weighted by Gasteiger charge is 2.20. The Hall–Kier alpha value is -3.57. The van der Waals surface area contributed by atoms with Crippen LogP contribution in [0.3, 0.4) is 0 Å². The molecule has 3 aromatic carbocycles. The maximum Gasteiger partial charge on any atom is 0.235 e. The Balaban J connectivity index is 1.67. The summed E-state index contributed by atoms with van der Waals surface area (Å²) in [4.78, 5) is 25.9. The molecule has 1 aromatic heterocycles. The maximum atomic E-state index is 13.2. The van der Waals surface area contributed by atoms with Crippen molar-refractivity contribution >= 4 is 28.4 Å². The summed E-state index contributed by atoms with van der Waals surface area (Å²) in [5, 5.41) is 0.767. The van der Waals surface area contributed by atoms with Crippen LogP contribution in [0, 0.1) is 0 Å². The fraction of sp³-hybridized carbons (Fsp3) is 0.154. The lowest BCUT2D eigenvalue weighted by Crippen LogP contribution is -2.17. The fourth-order valence-electron chi connectivity index (χ4n) is 3.29. The summed E-state index contributed by atoms with van der Waals surface area (Å²) in [5.41, 5.74) is 1.00. The third-order valence-corrected chi connectivity index (χ3v) is 5.10. The van der Waals surface area contributed by atoms with Crippen LogP contribution in [0.25, 0.3) is 22.3 Å². The molecule has 0 atom stereocenters. The van der Waals surface area contributed by atoms with Crippen LogP contribution in [0.5, 0.6) is 11.5 Å². The zero-order valence-corrected chi connectivity index (χ0v) is 18.4. The molecule has 0 bridgehead atoms. The first-order valence-corrected chi connectivity index (χ1v) is 10.6. The second kappa shape index (κ2) is 9.28. The molecule has 0 saturated carbocycles. The lowest BCUT2D eigenvalue weighted by Gasteiger charge is -2.13. The minimum atomic E-state index is -0.366. The summed E-state index contributed by atoms with van der Waals surface area (Å²) in [6.07, 6.45) is 0.0373. The molecule has 32 heavy (non-hydrogen) atoms. The second-order valence-electron chi connectivity index (χ2n) is 7.47. The van der Waals surface area contributed by atoms with Gasteiger partial charge in [0, 0.05) is 11.1 Å². The Labute approximate surface area is 190 Å². The van der Waals surface area contributed by atoms with Gasteiger partial charge in [-0.05, 0) is 62.4 Å². The summed E-state index contributed by atoms with van der Waals surface area (Å²) in [5.74, 6) is 0.533. The largest absolute Gasteiger partial charge is 0.491 e. The lowest BCUT2D eigenvalue weighted by atomic mass is 10.1. The van der Waals surface area contributed by atoms with Crippen molar-refractivity contribution in [2.24, 2.45) is 0 Å². The van der Waals surface area contributed by atoms with Crippen LogP contribution in [-0.4, -0.2) is 18.5 Å². The lowest BCUT2D eigenvalue weighted by molar-refractivity contribution is 0.0920. The molecule has 0 aliphatic carbocycles. The SMILES string of the molecule is CC(C)Oc1ccc(C(=O)COc2c(-c3ccccc3Cl)oc3ccccc3c2=O)cc1. The van der Waals surface area contributed by atoms with Crippen LogP contribution in [0.2, 0.25) is 5.02 Å². The number of benzene rings is 3. The third kappa shape index (κ3) is 4.53. The van der Waals surface area contributed by atoms with Crippen molar-refractivity contribution in [3.05, 3.63) is 93.6 Å². The van der Waals surface area contributed by atoms with Crippen LogP contribution in [0.4, 0.5) is 0 Å². The molecule has 0 aliphatic rings. The van der Waals surface area contributed by atoms with Gasteiger partial charge in [-0.25, -0.2) is 0 Å². The number of halogens is 1. The topological polar surface area (TPSA) is 65.7 Å². The van der Waals surface area contributed by atoms with E-state index in [4.69, 9.17) is 25.5 Å². The van der Waals surface area contributed by atoms with Crippen LogP contribution in [0.15, 0.2) is 82.0 Å². The Morgan fingerprint density at radius 3 is 2.38 bits per heavy atom. The number of hydrogen-bond acceptors (Lipinski definition) is 5. The van der Waals surface area contributed by atoms with Crippen molar-refractivity contribution in [3.63, 3.8) is 0 Å². The minimum absolute atomic E-state index is 0.0373. The monoisotopic (exact) mass is 448 g/mol. The van der Waals surface area contributed by atoms with E-state index < -0.39 is 0 Å². The van der Waals surface area contributed by atoms with Crippen molar-refractivity contribution < 1.29 is 18.7 Å². The first-order chi connectivity index (χ1) is 15.4. The fourth-order valence-corrected chi connectivity index (χ4v) is 3.51. The number of Topliss-reactive ketones (excluding diaryl/α,β-unsaturated/α-hetero) is 1. The average Bonchev–Trinajstić information content (AvgIpc) is 2.79. The van der Waals surface area contributed by atoms with Crippen LogP contribution in [0.1, 0.15) is 24.2 Å². The van der Waals surface area contributed by atoms with Gasteiger partial charge in [0.25, 0.3) is 0 Å². The van der Waals surface area contributed by atoms with Gasteiger partial charge in [-0.1, -0.05) is 35.9 Å². The molecule has 0 fully saturated rings. The summed E-state index contributed by atoms with van der Waals surface area (Å²) < 4.78 is 17.3. The predicted molar refractivity (Wildman–Crippen MR) is 125 cm³/mol. The number of fused-ring (bicyclic) bond motifs is 1. The molecule has 0 radical (unpaired) electrons. The second-order valence-corrected chi connectivity index (χ2v) is 7.88. The summed E-state index contributed by atoms with van der Waals surface area (Å²) >= 11 is 6.35. The number of ether oxygens (including phenoxy) is 2. The number of carbonyl (C=O) groups excluding carboxylic acids is 1. The van der Waals surface area contributed by atoms with E-state index in [2.05, 4.69) is 0 Å². The number of para-hydroxylation sites is 1. The highest BCUT2D eigenvalue weighted by Crippen LogP contribution is 2.35. The molecule has 0 unspecified atom stereocenters. The van der Waals surface area contributed by atoms with E-state index in [1.54, 1.807) is 72.8 Å². The molecule has 4 aromatic rings. The van der Waals surface area contributed by atoms with Crippen molar-refractivity contribution in [2.75, 3.05) is 6.61 Å². The first-order valence-electron chi connectivity index (χ1n) is 10.2. The van der Waals surface area contributed by atoms with E-state index in [1.807, 2.05) is 13.8 Å². The van der Waals surface area contributed by atoms with E-state index in [0.29, 0.717) is 32.9 Å². The van der Waals surface area contributed by atoms with Gasteiger partial charge in [0.2, 0.25) is 11.2 Å². The minimum Gasteiger partial charge on any atom is -0.491 e. The van der Waals surface area contributed by atoms with Gasteiger partial charge in [-0.3, -0.25) is 9.59 Å². The Morgan fingerprint density at radius 2 is 1.66 bits per heavy atom. The van der Waals surface area contributed by atoms with E-state index in [-0.39, 0.29) is 35.4 Å². The van der Waals surface area contributed by atoms with Crippen LogP contribution in [-0.2, 0) is 0 Å². The standard InChI is InChI=1S/C26H21ClO5/c1-16(2)31-18-13-11-17(12-14-18)22(28)15-30-26-24(29)20-8-4-6-10-23(20)32-25(26)19-7-3-5-9-21(19)27/h3-14,16H,15H2,1-2H3. The normalized spacial score (nSPS) is 11.0. The molecule has 0 N–H and O–H groups in total. The predicted octanol–water partition coefficient (Wildman–Crippen LogP) is 6.16. The zero-order chi connectivity index (χ0) is 22.7. The van der Waals surface area contributed by atoms with Gasteiger partial charge in [0.05, 0.1) is 16.5 Å². The molecule has 5 nitrogen and oxygen atoms in total.